The van der Waals surface area contributed by atoms with Gasteiger partial charge in [0.05, 0.1) is 17.7 Å². The number of H-pyrrole nitrogens is 1. The SMILES string of the molecule is COC(=O)CNC(=O)c1ccc2c3c([nH]c2c1)CCC(NC(=O)Nc1ccc(Cl)c(C(F)(F)F)c1)C3. The number of anilines is 1. The largest absolute Gasteiger partial charge is 0.468 e. The lowest BCUT2D eigenvalue weighted by Gasteiger charge is -2.24. The Bertz CT molecular complexity index is 1340. The molecule has 1 unspecified atom stereocenters. The number of rotatable bonds is 5. The Morgan fingerprint density at radius 1 is 1.17 bits per heavy atom. The number of fused-ring (bicyclic) bond motifs is 3. The molecule has 1 aromatic heterocycles. The number of aromatic amines is 1. The van der Waals surface area contributed by atoms with Gasteiger partial charge < -0.3 is 25.7 Å². The number of halogens is 4. The summed E-state index contributed by atoms with van der Waals surface area (Å²) in [5.74, 6) is -0.971. The molecule has 0 radical (unpaired) electrons. The quantitative estimate of drug-likeness (QED) is 0.372. The van der Waals surface area contributed by atoms with Crippen molar-refractivity contribution in [1.82, 2.24) is 15.6 Å². The molecule has 190 valence electrons. The van der Waals surface area contributed by atoms with Crippen LogP contribution in [0, 0.1) is 0 Å². The van der Waals surface area contributed by atoms with Gasteiger partial charge in [-0.1, -0.05) is 17.7 Å². The normalized spacial score (nSPS) is 15.2. The fourth-order valence-electron chi connectivity index (χ4n) is 4.19. The van der Waals surface area contributed by atoms with E-state index in [2.05, 4.69) is 25.7 Å². The zero-order chi connectivity index (χ0) is 26.0. The lowest BCUT2D eigenvalue weighted by molar-refractivity contribution is -0.139. The van der Waals surface area contributed by atoms with Crippen molar-refractivity contribution in [1.29, 1.82) is 0 Å². The molecule has 3 aromatic rings. The van der Waals surface area contributed by atoms with E-state index in [1.165, 1.54) is 13.2 Å². The van der Waals surface area contributed by atoms with Crippen LogP contribution in [0.15, 0.2) is 36.4 Å². The molecule has 3 amide bonds. The first-order valence-electron chi connectivity index (χ1n) is 11.0. The molecule has 2 aromatic carbocycles. The summed E-state index contributed by atoms with van der Waals surface area (Å²) in [5, 5.41) is 8.18. The summed E-state index contributed by atoms with van der Waals surface area (Å²) in [6, 6.07) is 7.45. The first kappa shape index (κ1) is 25.4. The molecule has 0 aliphatic heterocycles. The van der Waals surface area contributed by atoms with Crippen molar-refractivity contribution < 1.29 is 32.3 Å². The summed E-state index contributed by atoms with van der Waals surface area (Å²) in [6.45, 7) is -0.239. The predicted molar refractivity (Wildman–Crippen MR) is 127 cm³/mol. The highest BCUT2D eigenvalue weighted by molar-refractivity contribution is 6.31. The molecule has 0 saturated carbocycles. The van der Waals surface area contributed by atoms with E-state index in [-0.39, 0.29) is 18.3 Å². The number of hydrogen-bond donors (Lipinski definition) is 4. The third kappa shape index (κ3) is 5.56. The van der Waals surface area contributed by atoms with Crippen molar-refractivity contribution in [3.05, 3.63) is 63.8 Å². The van der Waals surface area contributed by atoms with Crippen molar-refractivity contribution in [3.63, 3.8) is 0 Å². The molecule has 1 aliphatic carbocycles. The maximum atomic E-state index is 13.1. The maximum absolute atomic E-state index is 13.1. The van der Waals surface area contributed by atoms with Crippen LogP contribution in [0.25, 0.3) is 10.9 Å². The van der Waals surface area contributed by atoms with Crippen molar-refractivity contribution in [2.24, 2.45) is 0 Å². The van der Waals surface area contributed by atoms with E-state index in [1.54, 1.807) is 18.2 Å². The third-order valence-electron chi connectivity index (χ3n) is 5.94. The van der Waals surface area contributed by atoms with Gasteiger partial charge in [0, 0.05) is 33.9 Å². The number of alkyl halides is 3. The van der Waals surface area contributed by atoms with E-state index in [0.29, 0.717) is 24.8 Å². The van der Waals surface area contributed by atoms with Gasteiger partial charge >= 0.3 is 18.2 Å². The van der Waals surface area contributed by atoms with E-state index in [0.717, 1.165) is 34.3 Å². The highest BCUT2D eigenvalue weighted by atomic mass is 35.5. The van der Waals surface area contributed by atoms with Gasteiger partial charge in [-0.05, 0) is 55.2 Å². The van der Waals surface area contributed by atoms with Crippen LogP contribution in [0.4, 0.5) is 23.7 Å². The zero-order valence-corrected chi connectivity index (χ0v) is 19.8. The molecule has 4 N–H and O–H groups in total. The van der Waals surface area contributed by atoms with E-state index in [1.807, 2.05) is 0 Å². The summed E-state index contributed by atoms with van der Waals surface area (Å²) >= 11 is 5.63. The fourth-order valence-corrected chi connectivity index (χ4v) is 4.41. The molecule has 8 nitrogen and oxygen atoms in total. The topological polar surface area (TPSA) is 112 Å². The number of nitrogens with one attached hydrogen (secondary N) is 4. The van der Waals surface area contributed by atoms with Crippen LogP contribution < -0.4 is 16.0 Å². The molecule has 0 bridgehead atoms. The van der Waals surface area contributed by atoms with Gasteiger partial charge in [-0.15, -0.1) is 0 Å². The maximum Gasteiger partial charge on any atom is 0.417 e. The van der Waals surface area contributed by atoms with Crippen molar-refractivity contribution in [3.8, 4) is 0 Å². The van der Waals surface area contributed by atoms with Gasteiger partial charge in [0.15, 0.2) is 0 Å². The lowest BCUT2D eigenvalue weighted by Crippen LogP contribution is -2.41. The van der Waals surface area contributed by atoms with Crippen molar-refractivity contribution >= 4 is 46.1 Å². The highest BCUT2D eigenvalue weighted by Gasteiger charge is 2.33. The first-order valence-corrected chi connectivity index (χ1v) is 11.4. The Kier molecular flexibility index (Phi) is 7.11. The molecule has 0 spiro atoms. The summed E-state index contributed by atoms with van der Waals surface area (Å²) < 4.78 is 43.7. The number of aryl methyl sites for hydroxylation is 1. The van der Waals surface area contributed by atoms with Gasteiger partial charge in [0.1, 0.15) is 6.54 Å². The smallest absolute Gasteiger partial charge is 0.417 e. The molecule has 4 rings (SSSR count). The van der Waals surface area contributed by atoms with Crippen LogP contribution in [-0.4, -0.2) is 42.6 Å². The van der Waals surface area contributed by atoms with Crippen molar-refractivity contribution in [2.75, 3.05) is 19.0 Å². The monoisotopic (exact) mass is 522 g/mol. The molecule has 12 heteroatoms. The number of ether oxygens (including phenoxy) is 1. The Hall–Kier alpha value is -3.73. The zero-order valence-electron chi connectivity index (χ0n) is 19.0. The van der Waals surface area contributed by atoms with Gasteiger partial charge in [0.2, 0.25) is 0 Å². The molecule has 1 aliphatic rings. The van der Waals surface area contributed by atoms with Gasteiger partial charge in [-0.25, -0.2) is 4.79 Å². The number of amides is 3. The Labute approximate surface area is 208 Å². The number of carbonyl (C=O) groups is 3. The standard InChI is InChI=1S/C24H22ClF3N4O4/c1-36-21(33)11-29-22(34)12-2-5-15-16-9-13(4-7-19(16)32-20(15)8-12)30-23(35)31-14-3-6-18(25)17(10-14)24(26,27)28/h2-3,5-6,8,10,13,32H,4,7,9,11H2,1H3,(H,29,34)(H2,30,31,35). The molecule has 0 fully saturated rings. The second kappa shape index (κ2) is 10.1. The number of benzene rings is 2. The summed E-state index contributed by atoms with van der Waals surface area (Å²) in [4.78, 5) is 39.3. The van der Waals surface area contributed by atoms with Crippen LogP contribution >= 0.6 is 11.6 Å². The van der Waals surface area contributed by atoms with Gasteiger partial charge in [0.25, 0.3) is 5.91 Å². The summed E-state index contributed by atoms with van der Waals surface area (Å²) in [6.07, 6.45) is -2.88. The average Bonchev–Trinajstić information content (AvgIpc) is 3.19. The van der Waals surface area contributed by atoms with Crippen LogP contribution in [0.3, 0.4) is 0 Å². The minimum absolute atomic E-state index is 0.0224. The van der Waals surface area contributed by atoms with Crippen LogP contribution in [-0.2, 0) is 28.5 Å². The Morgan fingerprint density at radius 2 is 1.94 bits per heavy atom. The van der Waals surface area contributed by atoms with Crippen LogP contribution in [0.1, 0.15) is 33.6 Å². The van der Waals surface area contributed by atoms with E-state index in [9.17, 15) is 27.6 Å². The summed E-state index contributed by atoms with van der Waals surface area (Å²) in [5.41, 5.74) is 2.06. The summed E-state index contributed by atoms with van der Waals surface area (Å²) in [7, 11) is 1.23. The van der Waals surface area contributed by atoms with Gasteiger partial charge in [-0.2, -0.15) is 13.2 Å². The van der Waals surface area contributed by atoms with Crippen LogP contribution in [0.5, 0.6) is 0 Å². The number of hydrogen-bond acceptors (Lipinski definition) is 4. The first-order chi connectivity index (χ1) is 17.0. The second-order valence-corrected chi connectivity index (χ2v) is 8.74. The number of aromatic nitrogens is 1. The van der Waals surface area contributed by atoms with E-state index < -0.39 is 34.7 Å². The number of esters is 1. The molecule has 1 atom stereocenters. The number of methoxy groups -OCH3 is 1. The molecule has 0 saturated heterocycles. The number of carbonyl (C=O) groups excluding carboxylic acids is 3. The Balaban J connectivity index is 1.42. The van der Waals surface area contributed by atoms with E-state index in [4.69, 9.17) is 11.6 Å². The fraction of sp³-hybridized carbons (Fsp3) is 0.292. The molecular formula is C24H22ClF3N4O4. The average molecular weight is 523 g/mol. The lowest BCUT2D eigenvalue weighted by atomic mass is 9.91. The Morgan fingerprint density at radius 3 is 2.67 bits per heavy atom. The van der Waals surface area contributed by atoms with Crippen molar-refractivity contribution in [2.45, 2.75) is 31.5 Å². The van der Waals surface area contributed by atoms with E-state index >= 15 is 0 Å². The molecule has 1 heterocycles. The molecule has 36 heavy (non-hydrogen) atoms. The predicted octanol–water partition coefficient (Wildman–Crippen LogP) is 4.42. The highest BCUT2D eigenvalue weighted by Crippen LogP contribution is 2.36. The number of urea groups is 1. The second-order valence-electron chi connectivity index (χ2n) is 8.33. The molecular weight excluding hydrogens is 501 g/mol. The van der Waals surface area contributed by atoms with Gasteiger partial charge in [-0.3, -0.25) is 9.59 Å². The van der Waals surface area contributed by atoms with Crippen LogP contribution in [0.2, 0.25) is 5.02 Å². The minimum atomic E-state index is -4.64. The third-order valence-corrected chi connectivity index (χ3v) is 6.27. The minimum Gasteiger partial charge on any atom is -0.468 e.